The van der Waals surface area contributed by atoms with Crippen molar-refractivity contribution < 1.29 is 4.79 Å². The Morgan fingerprint density at radius 3 is 2.95 bits per heavy atom. The van der Waals surface area contributed by atoms with E-state index in [4.69, 9.17) is 0 Å². The van der Waals surface area contributed by atoms with Gasteiger partial charge in [-0.1, -0.05) is 13.8 Å². The monoisotopic (exact) mass is 262 g/mol. The van der Waals surface area contributed by atoms with E-state index in [2.05, 4.69) is 29.1 Å². The second-order valence-electron chi connectivity index (χ2n) is 5.36. The highest BCUT2D eigenvalue weighted by molar-refractivity contribution is 5.92. The third-order valence-corrected chi connectivity index (χ3v) is 3.67. The van der Waals surface area contributed by atoms with Crippen LogP contribution in [0.3, 0.4) is 0 Å². The standard InChI is InChI=1S/C14H22N4O/c1-4-16-13-8-15-7-12(17-13)14(19)18-6-5-11(9-18)10(2)3/h7-8,10-11H,4-6,9H2,1-3H3,(H,16,17). The van der Waals surface area contributed by atoms with Crippen LogP contribution in [0, 0.1) is 11.8 Å². The predicted octanol–water partition coefficient (Wildman–Crippen LogP) is 2.03. The first-order valence-corrected chi connectivity index (χ1v) is 6.97. The molecule has 1 aromatic rings. The van der Waals surface area contributed by atoms with Gasteiger partial charge < -0.3 is 10.2 Å². The quantitative estimate of drug-likeness (QED) is 0.902. The van der Waals surface area contributed by atoms with Crippen LogP contribution >= 0.6 is 0 Å². The lowest BCUT2D eigenvalue weighted by Crippen LogP contribution is -2.30. The van der Waals surface area contributed by atoms with Gasteiger partial charge in [0.15, 0.2) is 0 Å². The van der Waals surface area contributed by atoms with Crippen molar-refractivity contribution >= 4 is 11.7 Å². The molecular formula is C14H22N4O. The molecule has 1 amide bonds. The van der Waals surface area contributed by atoms with Gasteiger partial charge >= 0.3 is 0 Å². The zero-order valence-corrected chi connectivity index (χ0v) is 11.9. The molecular weight excluding hydrogens is 240 g/mol. The van der Waals surface area contributed by atoms with Crippen LogP contribution in [-0.2, 0) is 0 Å². The Morgan fingerprint density at radius 2 is 2.32 bits per heavy atom. The lowest BCUT2D eigenvalue weighted by atomic mass is 9.95. The van der Waals surface area contributed by atoms with E-state index < -0.39 is 0 Å². The Kier molecular flexibility index (Phi) is 4.35. The summed E-state index contributed by atoms with van der Waals surface area (Å²) in [5.41, 5.74) is 0.433. The summed E-state index contributed by atoms with van der Waals surface area (Å²) in [5, 5.41) is 3.08. The zero-order chi connectivity index (χ0) is 13.8. The van der Waals surface area contributed by atoms with Crippen molar-refractivity contribution in [1.29, 1.82) is 0 Å². The summed E-state index contributed by atoms with van der Waals surface area (Å²) in [7, 11) is 0. The summed E-state index contributed by atoms with van der Waals surface area (Å²) < 4.78 is 0. The SMILES string of the molecule is CCNc1cncc(C(=O)N2CCC(C(C)C)C2)n1. The van der Waals surface area contributed by atoms with E-state index in [1.54, 1.807) is 12.4 Å². The molecule has 1 atom stereocenters. The largest absolute Gasteiger partial charge is 0.369 e. The third kappa shape index (κ3) is 3.22. The summed E-state index contributed by atoms with van der Waals surface area (Å²) in [6, 6.07) is 0. The molecule has 5 heteroatoms. The van der Waals surface area contributed by atoms with Crippen molar-refractivity contribution in [3.05, 3.63) is 18.1 Å². The molecule has 0 aromatic carbocycles. The van der Waals surface area contributed by atoms with Gasteiger partial charge in [-0.2, -0.15) is 0 Å². The van der Waals surface area contributed by atoms with E-state index in [1.165, 1.54) is 0 Å². The van der Waals surface area contributed by atoms with Crippen LogP contribution in [0.15, 0.2) is 12.4 Å². The molecule has 1 saturated heterocycles. The van der Waals surface area contributed by atoms with Crippen molar-refractivity contribution in [1.82, 2.24) is 14.9 Å². The second kappa shape index (κ2) is 5.99. The Morgan fingerprint density at radius 1 is 1.53 bits per heavy atom. The van der Waals surface area contributed by atoms with E-state index in [-0.39, 0.29) is 5.91 Å². The van der Waals surface area contributed by atoms with Gasteiger partial charge in [-0.05, 0) is 25.2 Å². The Labute approximate surface area is 114 Å². The van der Waals surface area contributed by atoms with Gasteiger partial charge in [-0.3, -0.25) is 9.78 Å². The number of carbonyl (C=O) groups excluding carboxylic acids is 1. The van der Waals surface area contributed by atoms with Crippen LogP contribution in [0.5, 0.6) is 0 Å². The third-order valence-electron chi connectivity index (χ3n) is 3.67. The van der Waals surface area contributed by atoms with E-state index in [0.717, 1.165) is 26.1 Å². The van der Waals surface area contributed by atoms with Crippen LogP contribution in [-0.4, -0.2) is 40.4 Å². The van der Waals surface area contributed by atoms with Crippen LogP contribution < -0.4 is 5.32 Å². The Balaban J connectivity index is 2.06. The van der Waals surface area contributed by atoms with E-state index in [9.17, 15) is 4.79 Å². The number of hydrogen-bond donors (Lipinski definition) is 1. The highest BCUT2D eigenvalue weighted by Crippen LogP contribution is 2.24. The minimum atomic E-state index is -0.00426. The van der Waals surface area contributed by atoms with Gasteiger partial charge in [0, 0.05) is 19.6 Å². The van der Waals surface area contributed by atoms with Crippen molar-refractivity contribution in [2.45, 2.75) is 27.2 Å². The Bertz CT molecular complexity index is 447. The molecule has 0 bridgehead atoms. The number of carbonyl (C=O) groups is 1. The number of anilines is 1. The lowest BCUT2D eigenvalue weighted by molar-refractivity contribution is 0.0778. The number of hydrogen-bond acceptors (Lipinski definition) is 4. The first kappa shape index (κ1) is 13.8. The number of likely N-dealkylation sites (tertiary alicyclic amines) is 1. The first-order chi connectivity index (χ1) is 9.11. The molecule has 0 spiro atoms. The zero-order valence-electron chi connectivity index (χ0n) is 11.9. The van der Waals surface area contributed by atoms with Gasteiger partial charge in [0.25, 0.3) is 5.91 Å². The molecule has 1 N–H and O–H groups in total. The molecule has 0 saturated carbocycles. The second-order valence-corrected chi connectivity index (χ2v) is 5.36. The smallest absolute Gasteiger partial charge is 0.274 e. The molecule has 1 aliphatic heterocycles. The summed E-state index contributed by atoms with van der Waals surface area (Å²) in [5.74, 6) is 1.88. The molecule has 2 rings (SSSR count). The van der Waals surface area contributed by atoms with Crippen LogP contribution in [0.2, 0.25) is 0 Å². The van der Waals surface area contributed by atoms with Crippen molar-refractivity contribution in [3.63, 3.8) is 0 Å². The van der Waals surface area contributed by atoms with Crippen molar-refractivity contribution in [2.75, 3.05) is 25.0 Å². The molecule has 1 fully saturated rings. The molecule has 1 unspecified atom stereocenters. The average Bonchev–Trinajstić information content (AvgIpc) is 2.88. The number of nitrogens with zero attached hydrogens (tertiary/aromatic N) is 3. The molecule has 1 aliphatic rings. The minimum absolute atomic E-state index is 0.00426. The minimum Gasteiger partial charge on any atom is -0.369 e. The highest BCUT2D eigenvalue weighted by atomic mass is 16.2. The number of rotatable bonds is 4. The summed E-state index contributed by atoms with van der Waals surface area (Å²) in [4.78, 5) is 22.6. The summed E-state index contributed by atoms with van der Waals surface area (Å²) in [6.45, 7) is 8.85. The molecule has 5 nitrogen and oxygen atoms in total. The fourth-order valence-corrected chi connectivity index (χ4v) is 2.41. The number of amides is 1. The predicted molar refractivity (Wildman–Crippen MR) is 75.0 cm³/mol. The topological polar surface area (TPSA) is 58.1 Å². The summed E-state index contributed by atoms with van der Waals surface area (Å²) >= 11 is 0. The van der Waals surface area contributed by atoms with Crippen LogP contribution in [0.25, 0.3) is 0 Å². The first-order valence-electron chi connectivity index (χ1n) is 6.97. The molecule has 104 valence electrons. The number of aromatic nitrogens is 2. The lowest BCUT2D eigenvalue weighted by Gasteiger charge is -2.17. The van der Waals surface area contributed by atoms with Crippen molar-refractivity contribution in [3.8, 4) is 0 Å². The van der Waals surface area contributed by atoms with Crippen LogP contribution in [0.4, 0.5) is 5.82 Å². The van der Waals surface area contributed by atoms with Gasteiger partial charge in [0.2, 0.25) is 0 Å². The van der Waals surface area contributed by atoms with E-state index in [1.807, 2.05) is 11.8 Å². The van der Waals surface area contributed by atoms with Gasteiger partial charge in [0.05, 0.1) is 12.4 Å². The van der Waals surface area contributed by atoms with E-state index >= 15 is 0 Å². The maximum atomic E-state index is 12.4. The fourth-order valence-electron chi connectivity index (χ4n) is 2.41. The molecule has 1 aromatic heterocycles. The molecule has 0 aliphatic carbocycles. The van der Waals surface area contributed by atoms with Crippen LogP contribution in [0.1, 0.15) is 37.7 Å². The summed E-state index contributed by atoms with van der Waals surface area (Å²) in [6.07, 6.45) is 4.27. The number of nitrogens with one attached hydrogen (secondary N) is 1. The molecule has 0 radical (unpaired) electrons. The maximum Gasteiger partial charge on any atom is 0.274 e. The molecule has 19 heavy (non-hydrogen) atoms. The van der Waals surface area contributed by atoms with Gasteiger partial charge in [-0.15, -0.1) is 0 Å². The highest BCUT2D eigenvalue weighted by Gasteiger charge is 2.29. The Hall–Kier alpha value is -1.65. The molecule has 2 heterocycles. The van der Waals surface area contributed by atoms with Crippen molar-refractivity contribution in [2.24, 2.45) is 11.8 Å². The fraction of sp³-hybridized carbons (Fsp3) is 0.643. The van der Waals surface area contributed by atoms with Gasteiger partial charge in [0.1, 0.15) is 11.5 Å². The average molecular weight is 262 g/mol. The normalized spacial score (nSPS) is 18.9. The van der Waals surface area contributed by atoms with Gasteiger partial charge in [-0.25, -0.2) is 4.98 Å². The van der Waals surface area contributed by atoms with E-state index in [0.29, 0.717) is 23.3 Å². The maximum absolute atomic E-state index is 12.4.